The van der Waals surface area contributed by atoms with Gasteiger partial charge in [-0.15, -0.1) is 0 Å². The SMILES string of the molecule is COc1cc(N)cc(C(=O)N2CC3CCCN3CC2C)c1. The van der Waals surface area contributed by atoms with Gasteiger partial charge >= 0.3 is 0 Å². The minimum absolute atomic E-state index is 0.0552. The van der Waals surface area contributed by atoms with E-state index in [0.717, 1.165) is 13.1 Å². The number of anilines is 1. The van der Waals surface area contributed by atoms with Crippen molar-refractivity contribution in [2.24, 2.45) is 0 Å². The van der Waals surface area contributed by atoms with Crippen LogP contribution in [0.15, 0.2) is 18.2 Å². The van der Waals surface area contributed by atoms with Crippen LogP contribution in [0.1, 0.15) is 30.1 Å². The van der Waals surface area contributed by atoms with Crippen molar-refractivity contribution in [1.29, 1.82) is 0 Å². The fourth-order valence-electron chi connectivity index (χ4n) is 3.50. The number of ether oxygens (including phenoxy) is 1. The third-order valence-corrected chi connectivity index (χ3v) is 4.61. The summed E-state index contributed by atoms with van der Waals surface area (Å²) in [5, 5.41) is 0. The number of carbonyl (C=O) groups is 1. The third kappa shape index (κ3) is 2.70. The number of nitrogens with zero attached hydrogens (tertiary/aromatic N) is 2. The second-order valence-electron chi connectivity index (χ2n) is 6.09. The number of benzene rings is 1. The van der Waals surface area contributed by atoms with E-state index >= 15 is 0 Å². The number of piperazine rings is 1. The summed E-state index contributed by atoms with van der Waals surface area (Å²) >= 11 is 0. The van der Waals surface area contributed by atoms with Crippen LogP contribution in [0.4, 0.5) is 5.69 Å². The molecular weight excluding hydrogens is 266 g/mol. The molecule has 1 aromatic carbocycles. The first-order valence-corrected chi connectivity index (χ1v) is 7.58. The Kier molecular flexibility index (Phi) is 3.76. The van der Waals surface area contributed by atoms with Crippen molar-refractivity contribution in [2.45, 2.75) is 31.8 Å². The zero-order valence-corrected chi connectivity index (χ0v) is 12.7. The molecule has 0 spiro atoms. The molecule has 0 radical (unpaired) electrons. The first-order valence-electron chi connectivity index (χ1n) is 7.58. The number of nitrogens with two attached hydrogens (primary N) is 1. The highest BCUT2D eigenvalue weighted by molar-refractivity contribution is 5.96. The summed E-state index contributed by atoms with van der Waals surface area (Å²) in [6.45, 7) is 5.08. The highest BCUT2D eigenvalue weighted by atomic mass is 16.5. The molecule has 3 rings (SSSR count). The van der Waals surface area contributed by atoms with E-state index in [9.17, 15) is 4.79 Å². The Bertz CT molecular complexity index is 546. The summed E-state index contributed by atoms with van der Waals surface area (Å²) in [5.74, 6) is 0.685. The Hall–Kier alpha value is -1.75. The predicted octanol–water partition coefficient (Wildman–Crippen LogP) is 1.59. The molecule has 2 aliphatic heterocycles. The van der Waals surface area contributed by atoms with Crippen LogP contribution >= 0.6 is 0 Å². The third-order valence-electron chi connectivity index (χ3n) is 4.61. The summed E-state index contributed by atoms with van der Waals surface area (Å²) in [6, 6.07) is 5.99. The predicted molar refractivity (Wildman–Crippen MR) is 82.5 cm³/mol. The highest BCUT2D eigenvalue weighted by Gasteiger charge is 2.36. The van der Waals surface area contributed by atoms with Crippen LogP contribution in [0, 0.1) is 0 Å². The van der Waals surface area contributed by atoms with E-state index in [-0.39, 0.29) is 11.9 Å². The Morgan fingerprint density at radius 2 is 2.14 bits per heavy atom. The molecule has 21 heavy (non-hydrogen) atoms. The molecule has 2 unspecified atom stereocenters. The van der Waals surface area contributed by atoms with E-state index in [2.05, 4.69) is 11.8 Å². The molecule has 0 saturated carbocycles. The van der Waals surface area contributed by atoms with Gasteiger partial charge in [0.05, 0.1) is 7.11 Å². The van der Waals surface area contributed by atoms with Crippen molar-refractivity contribution in [3.63, 3.8) is 0 Å². The molecule has 2 fully saturated rings. The van der Waals surface area contributed by atoms with Crippen molar-refractivity contribution in [3.8, 4) is 5.75 Å². The number of methoxy groups -OCH3 is 1. The van der Waals surface area contributed by atoms with Crippen molar-refractivity contribution < 1.29 is 9.53 Å². The van der Waals surface area contributed by atoms with E-state index in [1.165, 1.54) is 19.4 Å². The summed E-state index contributed by atoms with van der Waals surface area (Å²) in [7, 11) is 1.59. The average Bonchev–Trinajstić information content (AvgIpc) is 2.92. The number of hydrogen-bond acceptors (Lipinski definition) is 4. The molecule has 0 bridgehead atoms. The molecule has 2 heterocycles. The van der Waals surface area contributed by atoms with Gasteiger partial charge in [-0.2, -0.15) is 0 Å². The van der Waals surface area contributed by atoms with Crippen molar-refractivity contribution in [1.82, 2.24) is 9.80 Å². The van der Waals surface area contributed by atoms with E-state index < -0.39 is 0 Å². The normalized spacial score (nSPS) is 25.7. The van der Waals surface area contributed by atoms with Crippen LogP contribution in [0.3, 0.4) is 0 Å². The number of amides is 1. The maximum absolute atomic E-state index is 12.8. The molecule has 2 aliphatic rings. The summed E-state index contributed by atoms with van der Waals surface area (Å²) < 4.78 is 5.21. The standard InChI is InChI=1S/C16H23N3O2/c1-11-9-18-5-3-4-14(18)10-19(11)16(20)12-6-13(17)8-15(7-12)21-2/h6-8,11,14H,3-5,9-10,17H2,1-2H3. The largest absolute Gasteiger partial charge is 0.497 e. The maximum atomic E-state index is 12.8. The van der Waals surface area contributed by atoms with Gasteiger partial charge < -0.3 is 15.4 Å². The topological polar surface area (TPSA) is 58.8 Å². The molecule has 1 aromatic rings. The second kappa shape index (κ2) is 5.56. The lowest BCUT2D eigenvalue weighted by Crippen LogP contribution is -2.56. The van der Waals surface area contributed by atoms with E-state index in [0.29, 0.717) is 23.0 Å². The van der Waals surface area contributed by atoms with Crippen molar-refractivity contribution in [2.75, 3.05) is 32.5 Å². The molecular formula is C16H23N3O2. The quantitative estimate of drug-likeness (QED) is 0.840. The smallest absolute Gasteiger partial charge is 0.254 e. The lowest BCUT2D eigenvalue weighted by molar-refractivity contribution is 0.0395. The zero-order valence-electron chi connectivity index (χ0n) is 12.7. The van der Waals surface area contributed by atoms with Gasteiger partial charge in [-0.1, -0.05) is 0 Å². The monoisotopic (exact) mass is 289 g/mol. The summed E-state index contributed by atoms with van der Waals surface area (Å²) in [4.78, 5) is 17.3. The number of nitrogen functional groups attached to an aromatic ring is 1. The highest BCUT2D eigenvalue weighted by Crippen LogP contribution is 2.27. The molecule has 114 valence electrons. The number of fused-ring (bicyclic) bond motifs is 1. The van der Waals surface area contributed by atoms with Gasteiger partial charge in [0.25, 0.3) is 5.91 Å². The van der Waals surface area contributed by atoms with Gasteiger partial charge in [0.2, 0.25) is 0 Å². The van der Waals surface area contributed by atoms with Gasteiger partial charge in [-0.05, 0) is 38.4 Å². The minimum Gasteiger partial charge on any atom is -0.497 e. The Morgan fingerprint density at radius 1 is 1.33 bits per heavy atom. The van der Waals surface area contributed by atoms with Crippen LogP contribution < -0.4 is 10.5 Å². The molecule has 1 amide bonds. The Morgan fingerprint density at radius 3 is 2.90 bits per heavy atom. The van der Waals surface area contributed by atoms with Gasteiger partial charge in [-0.25, -0.2) is 0 Å². The second-order valence-corrected chi connectivity index (χ2v) is 6.09. The maximum Gasteiger partial charge on any atom is 0.254 e. The Labute approximate surface area is 125 Å². The fraction of sp³-hybridized carbons (Fsp3) is 0.562. The van der Waals surface area contributed by atoms with Crippen LogP contribution in [-0.4, -0.2) is 54.5 Å². The Balaban J connectivity index is 1.82. The first kappa shape index (κ1) is 14.2. The van der Waals surface area contributed by atoms with Gasteiger partial charge in [-0.3, -0.25) is 9.69 Å². The molecule has 0 aliphatic carbocycles. The van der Waals surface area contributed by atoms with Crippen LogP contribution in [0.25, 0.3) is 0 Å². The molecule has 2 atom stereocenters. The molecule has 2 saturated heterocycles. The van der Waals surface area contributed by atoms with Crippen molar-refractivity contribution >= 4 is 11.6 Å². The minimum atomic E-state index is 0.0552. The van der Waals surface area contributed by atoms with Gasteiger partial charge in [0.1, 0.15) is 5.75 Å². The molecule has 5 heteroatoms. The van der Waals surface area contributed by atoms with Gasteiger partial charge in [0, 0.05) is 42.5 Å². The van der Waals surface area contributed by atoms with E-state index in [1.54, 1.807) is 25.3 Å². The summed E-state index contributed by atoms with van der Waals surface area (Å²) in [6.07, 6.45) is 2.43. The van der Waals surface area contributed by atoms with E-state index in [4.69, 9.17) is 10.5 Å². The molecule has 2 N–H and O–H groups in total. The van der Waals surface area contributed by atoms with Crippen LogP contribution in [-0.2, 0) is 0 Å². The fourth-order valence-corrected chi connectivity index (χ4v) is 3.50. The molecule has 0 aromatic heterocycles. The lowest BCUT2D eigenvalue weighted by atomic mass is 10.1. The average molecular weight is 289 g/mol. The van der Waals surface area contributed by atoms with E-state index in [1.807, 2.05) is 4.90 Å². The van der Waals surface area contributed by atoms with Crippen LogP contribution in [0.5, 0.6) is 5.75 Å². The number of rotatable bonds is 2. The number of carbonyl (C=O) groups excluding carboxylic acids is 1. The van der Waals surface area contributed by atoms with Crippen LogP contribution in [0.2, 0.25) is 0 Å². The first-order chi connectivity index (χ1) is 10.1. The van der Waals surface area contributed by atoms with Gasteiger partial charge in [0.15, 0.2) is 0 Å². The molecule has 5 nitrogen and oxygen atoms in total. The summed E-state index contributed by atoms with van der Waals surface area (Å²) in [5.41, 5.74) is 7.04. The number of hydrogen-bond donors (Lipinski definition) is 1. The lowest BCUT2D eigenvalue weighted by Gasteiger charge is -2.42. The zero-order chi connectivity index (χ0) is 15.0. The van der Waals surface area contributed by atoms with Crippen molar-refractivity contribution in [3.05, 3.63) is 23.8 Å².